The van der Waals surface area contributed by atoms with Crippen molar-refractivity contribution in [1.29, 1.82) is 0 Å². The largest absolute Gasteiger partial charge is 0.392 e. The van der Waals surface area contributed by atoms with E-state index in [2.05, 4.69) is 26.7 Å². The van der Waals surface area contributed by atoms with Crippen molar-refractivity contribution in [2.24, 2.45) is 0 Å². The maximum Gasteiger partial charge on any atom is 0.225 e. The van der Waals surface area contributed by atoms with Gasteiger partial charge >= 0.3 is 0 Å². The fourth-order valence-electron chi connectivity index (χ4n) is 2.31. The molecule has 2 rings (SSSR count). The molecule has 0 bridgehead atoms. The molecule has 1 aromatic rings. The summed E-state index contributed by atoms with van der Waals surface area (Å²) in [5.74, 6) is 0.802. The number of hydrogen-bond acceptors (Lipinski definition) is 5. The summed E-state index contributed by atoms with van der Waals surface area (Å²) in [5.41, 5.74) is 0. The Morgan fingerprint density at radius 2 is 2.12 bits per heavy atom. The molecule has 2 unspecified atom stereocenters. The molecule has 94 valence electrons. The van der Waals surface area contributed by atoms with Gasteiger partial charge in [-0.05, 0) is 19.9 Å². The summed E-state index contributed by atoms with van der Waals surface area (Å²) in [6.07, 6.45) is 3.29. The third-order valence-electron chi connectivity index (χ3n) is 3.04. The standard InChI is InChI=1S/C12H20N4O/c1-10-8-15(9-11(2)17)6-7-16(10)12-13-4-3-5-14-12/h3-5,10-11,17H,6-9H2,1-2H3. The van der Waals surface area contributed by atoms with Crippen molar-refractivity contribution in [2.45, 2.75) is 26.0 Å². The first-order valence-electron chi connectivity index (χ1n) is 6.11. The van der Waals surface area contributed by atoms with Crippen molar-refractivity contribution in [3.05, 3.63) is 18.5 Å². The number of β-amino-alcohol motifs (C(OH)–C–C–N with tert-alkyl or cyclic N) is 1. The van der Waals surface area contributed by atoms with Crippen LogP contribution >= 0.6 is 0 Å². The van der Waals surface area contributed by atoms with Crippen molar-refractivity contribution in [1.82, 2.24) is 14.9 Å². The predicted octanol–water partition coefficient (Wildman–Crippen LogP) is 0.368. The Kier molecular flexibility index (Phi) is 3.91. The Balaban J connectivity index is 1.97. The molecule has 1 fully saturated rings. The zero-order chi connectivity index (χ0) is 12.3. The second-order valence-corrected chi connectivity index (χ2v) is 4.70. The minimum Gasteiger partial charge on any atom is -0.392 e. The number of rotatable bonds is 3. The maximum atomic E-state index is 9.39. The maximum absolute atomic E-state index is 9.39. The third kappa shape index (κ3) is 3.14. The van der Waals surface area contributed by atoms with Crippen LogP contribution in [0.1, 0.15) is 13.8 Å². The molecule has 1 aromatic heterocycles. The second-order valence-electron chi connectivity index (χ2n) is 4.70. The predicted molar refractivity (Wildman–Crippen MR) is 67.0 cm³/mol. The Morgan fingerprint density at radius 1 is 1.41 bits per heavy atom. The van der Waals surface area contributed by atoms with Crippen LogP contribution in [0.3, 0.4) is 0 Å². The van der Waals surface area contributed by atoms with Gasteiger partial charge < -0.3 is 10.0 Å². The van der Waals surface area contributed by atoms with Crippen LogP contribution in [0.4, 0.5) is 5.95 Å². The highest BCUT2D eigenvalue weighted by Crippen LogP contribution is 2.15. The van der Waals surface area contributed by atoms with Gasteiger partial charge in [0.25, 0.3) is 0 Å². The van der Waals surface area contributed by atoms with E-state index in [-0.39, 0.29) is 6.10 Å². The van der Waals surface area contributed by atoms with E-state index in [9.17, 15) is 5.11 Å². The van der Waals surface area contributed by atoms with Crippen molar-refractivity contribution in [3.8, 4) is 0 Å². The lowest BCUT2D eigenvalue weighted by Crippen LogP contribution is -2.53. The molecule has 0 amide bonds. The van der Waals surface area contributed by atoms with E-state index in [1.54, 1.807) is 12.4 Å². The Hall–Kier alpha value is -1.20. The lowest BCUT2D eigenvalue weighted by molar-refractivity contribution is 0.114. The van der Waals surface area contributed by atoms with Crippen LogP contribution in [-0.4, -0.2) is 58.3 Å². The number of aliphatic hydroxyl groups is 1. The Labute approximate surface area is 102 Å². The van der Waals surface area contributed by atoms with E-state index >= 15 is 0 Å². The van der Waals surface area contributed by atoms with Crippen LogP contribution < -0.4 is 4.90 Å². The normalized spacial score (nSPS) is 23.7. The second kappa shape index (κ2) is 5.42. The highest BCUT2D eigenvalue weighted by Gasteiger charge is 2.25. The Bertz CT molecular complexity index is 344. The average Bonchev–Trinajstić information content (AvgIpc) is 2.29. The van der Waals surface area contributed by atoms with Gasteiger partial charge in [-0.15, -0.1) is 0 Å². The molecule has 0 spiro atoms. The minimum atomic E-state index is -0.262. The molecular weight excluding hydrogens is 216 g/mol. The summed E-state index contributed by atoms with van der Waals surface area (Å²) in [7, 11) is 0. The van der Waals surface area contributed by atoms with Crippen LogP contribution in [0.5, 0.6) is 0 Å². The fraction of sp³-hybridized carbons (Fsp3) is 0.667. The van der Waals surface area contributed by atoms with Crippen LogP contribution in [0.2, 0.25) is 0 Å². The molecule has 5 heteroatoms. The van der Waals surface area contributed by atoms with Gasteiger partial charge in [0, 0.05) is 44.6 Å². The van der Waals surface area contributed by atoms with E-state index in [1.165, 1.54) is 0 Å². The van der Waals surface area contributed by atoms with Gasteiger partial charge in [0.05, 0.1) is 6.10 Å². The number of aromatic nitrogens is 2. The summed E-state index contributed by atoms with van der Waals surface area (Å²) >= 11 is 0. The van der Waals surface area contributed by atoms with Crippen LogP contribution in [0, 0.1) is 0 Å². The number of anilines is 1. The quantitative estimate of drug-likeness (QED) is 0.821. The third-order valence-corrected chi connectivity index (χ3v) is 3.04. The molecule has 0 aliphatic carbocycles. The van der Waals surface area contributed by atoms with Gasteiger partial charge in [-0.3, -0.25) is 4.90 Å². The lowest BCUT2D eigenvalue weighted by Gasteiger charge is -2.40. The molecule has 1 aliphatic rings. The van der Waals surface area contributed by atoms with Gasteiger partial charge in [-0.1, -0.05) is 0 Å². The van der Waals surface area contributed by atoms with Gasteiger partial charge in [0.15, 0.2) is 0 Å². The van der Waals surface area contributed by atoms with Gasteiger partial charge in [-0.25, -0.2) is 9.97 Å². The summed E-state index contributed by atoms with van der Waals surface area (Å²) in [5, 5.41) is 9.39. The zero-order valence-electron chi connectivity index (χ0n) is 10.5. The van der Waals surface area contributed by atoms with Crippen LogP contribution in [0.25, 0.3) is 0 Å². The molecule has 17 heavy (non-hydrogen) atoms. The van der Waals surface area contributed by atoms with Crippen molar-refractivity contribution < 1.29 is 5.11 Å². The monoisotopic (exact) mass is 236 g/mol. The lowest BCUT2D eigenvalue weighted by atomic mass is 10.2. The molecular formula is C12H20N4O. The summed E-state index contributed by atoms with van der Waals surface area (Å²) in [6.45, 7) is 7.56. The van der Waals surface area contributed by atoms with E-state index < -0.39 is 0 Å². The zero-order valence-corrected chi connectivity index (χ0v) is 10.5. The highest BCUT2D eigenvalue weighted by molar-refractivity contribution is 5.31. The summed E-state index contributed by atoms with van der Waals surface area (Å²) in [6, 6.07) is 2.21. The SMILES string of the molecule is CC(O)CN1CCN(c2ncccn2)C(C)C1. The summed E-state index contributed by atoms with van der Waals surface area (Å²) < 4.78 is 0. The molecule has 0 radical (unpaired) electrons. The van der Waals surface area contributed by atoms with Crippen LogP contribution in [-0.2, 0) is 0 Å². The average molecular weight is 236 g/mol. The van der Waals surface area contributed by atoms with Gasteiger partial charge in [0.1, 0.15) is 0 Å². The van der Waals surface area contributed by atoms with E-state index in [4.69, 9.17) is 0 Å². The van der Waals surface area contributed by atoms with Crippen molar-refractivity contribution in [2.75, 3.05) is 31.1 Å². The molecule has 0 saturated carbocycles. The molecule has 1 aliphatic heterocycles. The topological polar surface area (TPSA) is 52.5 Å². The molecule has 0 aromatic carbocycles. The first-order valence-corrected chi connectivity index (χ1v) is 6.11. The minimum absolute atomic E-state index is 0.262. The Morgan fingerprint density at radius 3 is 2.71 bits per heavy atom. The highest BCUT2D eigenvalue weighted by atomic mass is 16.3. The van der Waals surface area contributed by atoms with E-state index in [0.29, 0.717) is 6.04 Å². The molecule has 1 saturated heterocycles. The smallest absolute Gasteiger partial charge is 0.225 e. The number of aliphatic hydroxyl groups excluding tert-OH is 1. The molecule has 2 atom stereocenters. The molecule has 2 heterocycles. The molecule has 5 nitrogen and oxygen atoms in total. The van der Waals surface area contributed by atoms with Gasteiger partial charge in [-0.2, -0.15) is 0 Å². The first kappa shape index (κ1) is 12.3. The van der Waals surface area contributed by atoms with Crippen molar-refractivity contribution in [3.63, 3.8) is 0 Å². The van der Waals surface area contributed by atoms with E-state index in [1.807, 2.05) is 13.0 Å². The van der Waals surface area contributed by atoms with Crippen molar-refractivity contribution >= 4 is 5.95 Å². The van der Waals surface area contributed by atoms with Crippen LogP contribution in [0.15, 0.2) is 18.5 Å². The number of nitrogens with zero attached hydrogens (tertiary/aromatic N) is 4. The summed E-state index contributed by atoms with van der Waals surface area (Å²) in [4.78, 5) is 13.1. The van der Waals surface area contributed by atoms with E-state index in [0.717, 1.165) is 32.1 Å². The van der Waals surface area contributed by atoms with Gasteiger partial charge in [0.2, 0.25) is 5.95 Å². The molecule has 1 N–H and O–H groups in total. The number of piperazine rings is 1. The number of hydrogen-bond donors (Lipinski definition) is 1. The first-order chi connectivity index (χ1) is 8.16. The fourth-order valence-corrected chi connectivity index (χ4v) is 2.31.